The third-order valence-corrected chi connectivity index (χ3v) is 3.22. The van der Waals surface area contributed by atoms with Crippen molar-refractivity contribution in [1.29, 1.82) is 0 Å². The Morgan fingerprint density at radius 1 is 1.31 bits per heavy atom. The molecule has 2 aromatic rings. The standard InChI is InChI=1S/C14H20N2/c1-10(2)14-9-12-11(7-8-15)5-4-6-13(12)16(14)3/h4-6,9-10H,7-8,15H2,1-3H3. The molecule has 0 unspecified atom stereocenters. The Kier molecular flexibility index (Phi) is 3.01. The molecular weight excluding hydrogens is 196 g/mol. The Labute approximate surface area is 97.1 Å². The number of aryl methyl sites for hydroxylation is 1. The van der Waals surface area contributed by atoms with Gasteiger partial charge >= 0.3 is 0 Å². The van der Waals surface area contributed by atoms with Crippen molar-refractivity contribution in [2.24, 2.45) is 12.8 Å². The summed E-state index contributed by atoms with van der Waals surface area (Å²) in [6, 6.07) is 8.79. The van der Waals surface area contributed by atoms with E-state index in [2.05, 4.69) is 49.7 Å². The van der Waals surface area contributed by atoms with Gasteiger partial charge in [-0.1, -0.05) is 26.0 Å². The Bertz CT molecular complexity index is 495. The highest BCUT2D eigenvalue weighted by atomic mass is 14.9. The highest BCUT2D eigenvalue weighted by Gasteiger charge is 2.10. The first kappa shape index (κ1) is 11.2. The summed E-state index contributed by atoms with van der Waals surface area (Å²) in [6.07, 6.45) is 0.957. The van der Waals surface area contributed by atoms with Crippen LogP contribution in [0.5, 0.6) is 0 Å². The molecule has 0 amide bonds. The Hall–Kier alpha value is -1.28. The van der Waals surface area contributed by atoms with Crippen molar-refractivity contribution in [2.75, 3.05) is 6.54 Å². The summed E-state index contributed by atoms with van der Waals surface area (Å²) in [6.45, 7) is 5.18. The van der Waals surface area contributed by atoms with Gasteiger partial charge in [-0.05, 0) is 36.6 Å². The van der Waals surface area contributed by atoms with Gasteiger partial charge in [-0.2, -0.15) is 0 Å². The zero-order chi connectivity index (χ0) is 11.7. The van der Waals surface area contributed by atoms with Crippen LogP contribution in [0.25, 0.3) is 10.9 Å². The minimum absolute atomic E-state index is 0.558. The molecule has 0 saturated heterocycles. The van der Waals surface area contributed by atoms with E-state index in [4.69, 9.17) is 5.73 Å². The van der Waals surface area contributed by atoms with Crippen molar-refractivity contribution >= 4 is 10.9 Å². The summed E-state index contributed by atoms with van der Waals surface area (Å²) < 4.78 is 2.29. The van der Waals surface area contributed by atoms with E-state index in [1.165, 1.54) is 22.2 Å². The first-order valence-corrected chi connectivity index (χ1v) is 5.92. The highest BCUT2D eigenvalue weighted by Crippen LogP contribution is 2.26. The fourth-order valence-corrected chi connectivity index (χ4v) is 2.37. The van der Waals surface area contributed by atoms with Crippen LogP contribution in [0.3, 0.4) is 0 Å². The van der Waals surface area contributed by atoms with E-state index in [-0.39, 0.29) is 0 Å². The summed E-state index contributed by atoms with van der Waals surface area (Å²) >= 11 is 0. The van der Waals surface area contributed by atoms with E-state index in [9.17, 15) is 0 Å². The van der Waals surface area contributed by atoms with E-state index in [1.807, 2.05) is 0 Å². The van der Waals surface area contributed by atoms with Crippen LogP contribution in [0.15, 0.2) is 24.3 Å². The van der Waals surface area contributed by atoms with Gasteiger partial charge in [0, 0.05) is 23.6 Å². The second-order valence-electron chi connectivity index (χ2n) is 4.67. The molecule has 2 nitrogen and oxygen atoms in total. The number of rotatable bonds is 3. The summed E-state index contributed by atoms with van der Waals surface area (Å²) in [5.74, 6) is 0.558. The molecule has 0 atom stereocenters. The Morgan fingerprint density at radius 2 is 2.06 bits per heavy atom. The second kappa shape index (κ2) is 4.30. The molecule has 1 aromatic heterocycles. The molecule has 0 aliphatic rings. The average molecular weight is 216 g/mol. The first-order valence-electron chi connectivity index (χ1n) is 5.92. The number of aromatic nitrogens is 1. The molecular formula is C14H20N2. The highest BCUT2D eigenvalue weighted by molar-refractivity contribution is 5.85. The number of nitrogens with two attached hydrogens (primary N) is 1. The van der Waals surface area contributed by atoms with Gasteiger partial charge in [0.05, 0.1) is 0 Å². The largest absolute Gasteiger partial charge is 0.347 e. The lowest BCUT2D eigenvalue weighted by atomic mass is 10.1. The number of fused-ring (bicyclic) bond motifs is 1. The average Bonchev–Trinajstić information content (AvgIpc) is 2.58. The Balaban J connectivity index is 2.65. The number of nitrogens with zero attached hydrogens (tertiary/aromatic N) is 1. The molecule has 0 spiro atoms. The van der Waals surface area contributed by atoms with Crippen LogP contribution in [0.4, 0.5) is 0 Å². The monoisotopic (exact) mass is 216 g/mol. The Morgan fingerprint density at radius 3 is 2.69 bits per heavy atom. The minimum Gasteiger partial charge on any atom is -0.347 e. The topological polar surface area (TPSA) is 30.9 Å². The lowest BCUT2D eigenvalue weighted by Gasteiger charge is -2.06. The lowest BCUT2D eigenvalue weighted by molar-refractivity contribution is 0.755. The van der Waals surface area contributed by atoms with Crippen LogP contribution in [-0.2, 0) is 13.5 Å². The molecule has 0 aliphatic carbocycles. The summed E-state index contributed by atoms with van der Waals surface area (Å²) in [4.78, 5) is 0. The summed E-state index contributed by atoms with van der Waals surface area (Å²) in [5, 5.41) is 1.36. The molecule has 1 aromatic carbocycles. The maximum atomic E-state index is 5.65. The van der Waals surface area contributed by atoms with Crippen molar-refractivity contribution in [1.82, 2.24) is 4.57 Å². The van der Waals surface area contributed by atoms with Crippen LogP contribution in [0.1, 0.15) is 31.0 Å². The summed E-state index contributed by atoms with van der Waals surface area (Å²) in [5.41, 5.74) is 9.72. The minimum atomic E-state index is 0.558. The van der Waals surface area contributed by atoms with Crippen molar-refractivity contribution < 1.29 is 0 Å². The fourth-order valence-electron chi connectivity index (χ4n) is 2.37. The van der Waals surface area contributed by atoms with Gasteiger partial charge in [-0.3, -0.25) is 0 Å². The lowest BCUT2D eigenvalue weighted by Crippen LogP contribution is -2.02. The van der Waals surface area contributed by atoms with Gasteiger partial charge in [-0.25, -0.2) is 0 Å². The van der Waals surface area contributed by atoms with Crippen molar-refractivity contribution in [2.45, 2.75) is 26.2 Å². The first-order chi connectivity index (χ1) is 7.65. The zero-order valence-electron chi connectivity index (χ0n) is 10.3. The van der Waals surface area contributed by atoms with Gasteiger partial charge in [0.1, 0.15) is 0 Å². The fraction of sp³-hybridized carbons (Fsp3) is 0.429. The molecule has 0 saturated carbocycles. The third-order valence-electron chi connectivity index (χ3n) is 3.22. The van der Waals surface area contributed by atoms with Gasteiger partial charge in [-0.15, -0.1) is 0 Å². The maximum Gasteiger partial charge on any atom is 0.0482 e. The molecule has 0 aliphatic heterocycles. The predicted molar refractivity (Wildman–Crippen MR) is 69.8 cm³/mol. The van der Waals surface area contributed by atoms with Crippen molar-refractivity contribution in [3.8, 4) is 0 Å². The number of hydrogen-bond donors (Lipinski definition) is 1. The number of benzene rings is 1. The van der Waals surface area contributed by atoms with Crippen LogP contribution < -0.4 is 5.73 Å². The van der Waals surface area contributed by atoms with E-state index in [1.54, 1.807) is 0 Å². The molecule has 86 valence electrons. The van der Waals surface area contributed by atoms with E-state index in [0.717, 1.165) is 6.42 Å². The molecule has 0 fully saturated rings. The van der Waals surface area contributed by atoms with Crippen LogP contribution in [0, 0.1) is 0 Å². The molecule has 1 heterocycles. The van der Waals surface area contributed by atoms with E-state index < -0.39 is 0 Å². The number of hydrogen-bond acceptors (Lipinski definition) is 1. The van der Waals surface area contributed by atoms with Crippen LogP contribution in [0.2, 0.25) is 0 Å². The predicted octanol–water partition coefficient (Wildman–Crippen LogP) is 2.80. The maximum absolute atomic E-state index is 5.65. The molecule has 16 heavy (non-hydrogen) atoms. The van der Waals surface area contributed by atoms with E-state index >= 15 is 0 Å². The van der Waals surface area contributed by atoms with Crippen LogP contribution in [-0.4, -0.2) is 11.1 Å². The van der Waals surface area contributed by atoms with E-state index in [0.29, 0.717) is 12.5 Å². The normalized spacial score (nSPS) is 11.6. The van der Waals surface area contributed by atoms with Crippen LogP contribution >= 0.6 is 0 Å². The van der Waals surface area contributed by atoms with Gasteiger partial charge in [0.2, 0.25) is 0 Å². The molecule has 2 N–H and O–H groups in total. The van der Waals surface area contributed by atoms with Gasteiger partial charge in [0.25, 0.3) is 0 Å². The second-order valence-corrected chi connectivity index (χ2v) is 4.67. The SMILES string of the molecule is CC(C)c1cc2c(CCN)cccc2n1C. The molecule has 0 bridgehead atoms. The molecule has 2 rings (SSSR count). The quantitative estimate of drug-likeness (QED) is 0.840. The summed E-state index contributed by atoms with van der Waals surface area (Å²) in [7, 11) is 2.14. The third kappa shape index (κ3) is 1.74. The van der Waals surface area contributed by atoms with Gasteiger partial charge < -0.3 is 10.3 Å². The van der Waals surface area contributed by atoms with Crippen molar-refractivity contribution in [3.05, 3.63) is 35.5 Å². The zero-order valence-corrected chi connectivity index (χ0v) is 10.3. The molecule has 2 heteroatoms. The smallest absolute Gasteiger partial charge is 0.0482 e. The van der Waals surface area contributed by atoms with Gasteiger partial charge in [0.15, 0.2) is 0 Å². The molecule has 0 radical (unpaired) electrons. The van der Waals surface area contributed by atoms with Crippen molar-refractivity contribution in [3.63, 3.8) is 0 Å².